The second-order valence-corrected chi connectivity index (χ2v) is 14.1. The lowest BCUT2D eigenvalue weighted by atomic mass is 9.92. The predicted octanol–water partition coefficient (Wildman–Crippen LogP) is 5.91. The summed E-state index contributed by atoms with van der Waals surface area (Å²) in [7, 11) is 2.93. The molecule has 4 rings (SSSR count). The van der Waals surface area contributed by atoms with E-state index >= 15 is 4.39 Å². The number of aromatic nitrogens is 1. The highest BCUT2D eigenvalue weighted by atomic mass is 19.1. The van der Waals surface area contributed by atoms with Crippen LogP contribution < -0.4 is 25.4 Å². The van der Waals surface area contributed by atoms with E-state index in [0.717, 1.165) is 22.3 Å². The van der Waals surface area contributed by atoms with Crippen molar-refractivity contribution in [3.63, 3.8) is 0 Å². The van der Waals surface area contributed by atoms with Crippen molar-refractivity contribution in [1.29, 1.82) is 0 Å². The van der Waals surface area contributed by atoms with Gasteiger partial charge >= 0.3 is 11.9 Å². The molecule has 0 aliphatic rings. The van der Waals surface area contributed by atoms with Crippen LogP contribution in [0.4, 0.5) is 10.1 Å². The van der Waals surface area contributed by atoms with Crippen molar-refractivity contribution in [2.24, 2.45) is 0 Å². The number of hydrogen-bond acceptors (Lipinski definition) is 12. The number of carbonyl (C=O) groups is 3. The van der Waals surface area contributed by atoms with E-state index < -0.39 is 49.0 Å². The van der Waals surface area contributed by atoms with Crippen LogP contribution in [0.2, 0.25) is 0 Å². The Balaban J connectivity index is 1.51. The third-order valence-corrected chi connectivity index (χ3v) is 9.20. The van der Waals surface area contributed by atoms with Crippen LogP contribution in [0.25, 0.3) is 23.0 Å². The molecule has 1 heterocycles. The van der Waals surface area contributed by atoms with Crippen LogP contribution in [0.3, 0.4) is 0 Å². The number of methoxy groups -OCH3 is 2. The fourth-order valence-corrected chi connectivity index (χ4v) is 6.06. The molecule has 0 spiro atoms. The fraction of sp³-hybridized carbons (Fsp3) is 0.364. The molecule has 1 unspecified atom stereocenters. The first-order valence-corrected chi connectivity index (χ1v) is 18.9. The Kier molecular flexibility index (Phi) is 16.5. The van der Waals surface area contributed by atoms with Crippen LogP contribution in [0, 0.1) is 13.8 Å². The molecule has 0 saturated carbocycles. The van der Waals surface area contributed by atoms with E-state index in [0.29, 0.717) is 39.4 Å². The van der Waals surface area contributed by atoms with Crippen molar-refractivity contribution in [2.45, 2.75) is 78.9 Å². The summed E-state index contributed by atoms with van der Waals surface area (Å²) in [6.07, 6.45) is 2.26. The summed E-state index contributed by atoms with van der Waals surface area (Å²) >= 11 is 0. The molecule has 0 bridgehead atoms. The lowest BCUT2D eigenvalue weighted by Crippen LogP contribution is -2.41. The number of rotatable bonds is 19. The van der Waals surface area contributed by atoms with Gasteiger partial charge in [0.1, 0.15) is 35.1 Å². The molecule has 14 heteroatoms. The summed E-state index contributed by atoms with van der Waals surface area (Å²) < 4.78 is 37.3. The van der Waals surface area contributed by atoms with E-state index in [-0.39, 0.29) is 31.0 Å². The molecule has 1 amide bonds. The van der Waals surface area contributed by atoms with Gasteiger partial charge in [-0.1, -0.05) is 42.5 Å². The highest BCUT2D eigenvalue weighted by molar-refractivity contribution is 6.04. The summed E-state index contributed by atoms with van der Waals surface area (Å²) in [5, 5.41) is 28.2. The van der Waals surface area contributed by atoms with Crippen molar-refractivity contribution >= 4 is 35.4 Å². The molecule has 58 heavy (non-hydrogen) atoms. The number of aliphatic hydroxyl groups excluding tert-OH is 2. The van der Waals surface area contributed by atoms with Crippen LogP contribution in [-0.4, -0.2) is 84.8 Å². The standard InChI is InChI=1S/C44H53FN4O9/c1-25(2)57-43(53)38(23-50)47-20-31-16-15-30(18-40(31)55-7)35(45)17-29-11-9-12-33(27(29)5)34-13-10-14-36(28(34)6)49-42(52)37-19-41(56-8)32(21-46-37)22-48-39(24-51)44(54)58-26(3)4/h9-19,21,25-26,38-39,47-48,50-51H,20,22-24H2,1-8H3,(H,49,52)/b35-17-/t38?,39-/m1/s1. The van der Waals surface area contributed by atoms with Crippen LogP contribution in [0.1, 0.15) is 71.6 Å². The number of halogens is 1. The van der Waals surface area contributed by atoms with Gasteiger partial charge in [-0.05, 0) is 87.6 Å². The van der Waals surface area contributed by atoms with Crippen LogP contribution in [-0.2, 0) is 32.2 Å². The third kappa shape index (κ3) is 11.7. The molecule has 0 aliphatic heterocycles. The van der Waals surface area contributed by atoms with E-state index in [4.69, 9.17) is 18.9 Å². The number of anilines is 1. The predicted molar refractivity (Wildman–Crippen MR) is 220 cm³/mol. The Morgan fingerprint density at radius 2 is 1.31 bits per heavy atom. The lowest BCUT2D eigenvalue weighted by Gasteiger charge is -2.18. The van der Waals surface area contributed by atoms with E-state index in [9.17, 15) is 24.6 Å². The minimum absolute atomic E-state index is 0.101. The smallest absolute Gasteiger partial charge is 0.325 e. The monoisotopic (exact) mass is 800 g/mol. The molecular formula is C44H53FN4O9. The SMILES string of the molecule is COc1cc(/C(F)=C/c2cccc(-c3cccc(NC(=O)c4cc(OC)c(CN[C@H](CO)C(=O)OC(C)C)cn4)c3C)c2C)ccc1CNC(CO)C(=O)OC(C)C. The van der Waals surface area contributed by atoms with Crippen molar-refractivity contribution in [1.82, 2.24) is 15.6 Å². The number of ether oxygens (including phenoxy) is 4. The number of esters is 2. The van der Waals surface area contributed by atoms with Gasteiger partial charge in [-0.2, -0.15) is 0 Å². The number of aliphatic hydroxyl groups is 2. The molecule has 4 aromatic rings. The molecule has 3 aromatic carbocycles. The summed E-state index contributed by atoms with van der Waals surface area (Å²) in [4.78, 5) is 42.3. The van der Waals surface area contributed by atoms with Gasteiger partial charge in [0.25, 0.3) is 5.91 Å². The average molecular weight is 801 g/mol. The minimum Gasteiger partial charge on any atom is -0.496 e. The van der Waals surface area contributed by atoms with Gasteiger partial charge in [-0.15, -0.1) is 0 Å². The van der Waals surface area contributed by atoms with Crippen molar-refractivity contribution < 1.29 is 47.9 Å². The van der Waals surface area contributed by atoms with Gasteiger partial charge in [-0.3, -0.25) is 30.0 Å². The third-order valence-electron chi connectivity index (χ3n) is 9.20. The van der Waals surface area contributed by atoms with E-state index in [2.05, 4.69) is 20.9 Å². The van der Waals surface area contributed by atoms with E-state index in [1.807, 2.05) is 44.2 Å². The van der Waals surface area contributed by atoms with E-state index in [1.54, 1.807) is 52.0 Å². The Morgan fingerprint density at radius 1 is 0.759 bits per heavy atom. The highest BCUT2D eigenvalue weighted by Crippen LogP contribution is 2.34. The average Bonchev–Trinajstić information content (AvgIpc) is 3.19. The van der Waals surface area contributed by atoms with Gasteiger partial charge in [-0.25, -0.2) is 4.39 Å². The van der Waals surface area contributed by atoms with Gasteiger partial charge in [0, 0.05) is 47.7 Å². The highest BCUT2D eigenvalue weighted by Gasteiger charge is 2.23. The molecule has 0 saturated heterocycles. The largest absolute Gasteiger partial charge is 0.496 e. The lowest BCUT2D eigenvalue weighted by molar-refractivity contribution is -0.152. The number of nitrogens with zero attached hydrogens (tertiary/aromatic N) is 1. The maximum Gasteiger partial charge on any atom is 0.325 e. The van der Waals surface area contributed by atoms with Crippen LogP contribution in [0.15, 0.2) is 66.9 Å². The topological polar surface area (TPSA) is 178 Å². The molecule has 310 valence electrons. The second kappa shape index (κ2) is 21.2. The summed E-state index contributed by atoms with van der Waals surface area (Å²) in [5.74, 6) is -1.35. The number of nitrogens with one attached hydrogen (secondary N) is 3. The minimum atomic E-state index is -0.946. The van der Waals surface area contributed by atoms with Crippen molar-refractivity contribution in [3.8, 4) is 22.6 Å². The number of carbonyl (C=O) groups excluding carboxylic acids is 3. The second-order valence-electron chi connectivity index (χ2n) is 14.1. The number of amides is 1. The van der Waals surface area contributed by atoms with Crippen LogP contribution in [0.5, 0.6) is 11.5 Å². The Bertz CT molecular complexity index is 2100. The molecule has 2 atom stereocenters. The first-order chi connectivity index (χ1) is 27.7. The van der Waals surface area contributed by atoms with Crippen molar-refractivity contribution in [2.75, 3.05) is 32.8 Å². The molecule has 1 aromatic heterocycles. The quantitative estimate of drug-likeness (QED) is 0.0561. The Labute approximate surface area is 338 Å². The first-order valence-electron chi connectivity index (χ1n) is 18.9. The van der Waals surface area contributed by atoms with Crippen molar-refractivity contribution in [3.05, 3.63) is 106 Å². The van der Waals surface area contributed by atoms with Gasteiger partial charge in [0.05, 0.1) is 39.6 Å². The number of hydrogen-bond donors (Lipinski definition) is 5. The maximum atomic E-state index is 15.9. The number of pyridine rings is 1. The zero-order valence-corrected chi connectivity index (χ0v) is 34.1. The maximum absolute atomic E-state index is 15.9. The van der Waals surface area contributed by atoms with Gasteiger partial charge in [0.2, 0.25) is 0 Å². The van der Waals surface area contributed by atoms with Gasteiger partial charge in [0.15, 0.2) is 0 Å². The molecule has 0 fully saturated rings. The molecule has 13 nitrogen and oxygen atoms in total. The normalized spacial score (nSPS) is 12.6. The van der Waals surface area contributed by atoms with Gasteiger partial charge < -0.3 is 34.5 Å². The zero-order chi connectivity index (χ0) is 42.5. The zero-order valence-electron chi connectivity index (χ0n) is 34.1. The summed E-state index contributed by atoms with van der Waals surface area (Å²) in [6.45, 7) is 10.1. The van der Waals surface area contributed by atoms with Crippen LogP contribution >= 0.6 is 0 Å². The summed E-state index contributed by atoms with van der Waals surface area (Å²) in [6, 6.07) is 15.6. The number of benzene rings is 3. The Hall–Kier alpha value is -5.67. The van der Waals surface area contributed by atoms with E-state index in [1.165, 1.54) is 32.6 Å². The first kappa shape index (κ1) is 45.0. The fourth-order valence-electron chi connectivity index (χ4n) is 6.06. The molecule has 5 N–H and O–H groups in total. The molecule has 0 radical (unpaired) electrons. The summed E-state index contributed by atoms with van der Waals surface area (Å²) in [5.41, 5.74) is 6.11. The Morgan fingerprint density at radius 3 is 1.88 bits per heavy atom. The molecular weight excluding hydrogens is 748 g/mol. The molecule has 0 aliphatic carbocycles.